The van der Waals surface area contributed by atoms with Gasteiger partial charge in [0.2, 0.25) is 0 Å². The van der Waals surface area contributed by atoms with Crippen LogP contribution in [0.4, 0.5) is 5.69 Å². The zero-order valence-electron chi connectivity index (χ0n) is 14.7. The molecule has 0 spiro atoms. The first-order valence-corrected chi connectivity index (χ1v) is 9.24. The van der Waals surface area contributed by atoms with Crippen molar-refractivity contribution in [2.45, 2.75) is 39.0 Å². The standard InChI is InChI=1S/C18H24ClN5O/c1-3-16-21-17(23-22-16)12-7-9-24(10-8-12)18(25)14-11-13(19)5-6-15(14)20-4-2/h5-6,11-12,20H,3-4,7-10H2,1-2H3,(H,21,22,23). The van der Waals surface area contributed by atoms with Crippen molar-refractivity contribution in [1.82, 2.24) is 20.1 Å². The van der Waals surface area contributed by atoms with Gasteiger partial charge < -0.3 is 10.2 Å². The summed E-state index contributed by atoms with van der Waals surface area (Å²) in [6, 6.07) is 5.42. The fraction of sp³-hybridized carbons (Fsp3) is 0.500. The zero-order valence-corrected chi connectivity index (χ0v) is 15.4. The first kappa shape index (κ1) is 17.7. The fourth-order valence-corrected chi connectivity index (χ4v) is 3.37. The summed E-state index contributed by atoms with van der Waals surface area (Å²) in [6.07, 6.45) is 2.61. The van der Waals surface area contributed by atoms with E-state index in [2.05, 4.69) is 27.4 Å². The predicted molar refractivity (Wildman–Crippen MR) is 99.3 cm³/mol. The molecule has 2 N–H and O–H groups in total. The van der Waals surface area contributed by atoms with E-state index in [1.54, 1.807) is 12.1 Å². The highest BCUT2D eigenvalue weighted by molar-refractivity contribution is 6.31. The van der Waals surface area contributed by atoms with Crippen LogP contribution in [-0.4, -0.2) is 45.6 Å². The number of aromatic nitrogens is 3. The van der Waals surface area contributed by atoms with Gasteiger partial charge in [-0.2, -0.15) is 5.10 Å². The molecule has 0 atom stereocenters. The Hall–Kier alpha value is -2.08. The predicted octanol–water partition coefficient (Wildman–Crippen LogP) is 3.47. The SMILES string of the molecule is CCNc1ccc(Cl)cc1C(=O)N1CCC(c2n[nH]c(CC)n2)CC1. The normalized spacial score (nSPS) is 15.4. The Morgan fingerprint density at radius 2 is 2.12 bits per heavy atom. The number of hydrogen-bond donors (Lipinski definition) is 2. The van der Waals surface area contributed by atoms with Gasteiger partial charge in [-0.1, -0.05) is 18.5 Å². The topological polar surface area (TPSA) is 73.9 Å². The third-order valence-electron chi connectivity index (χ3n) is 4.61. The number of hydrogen-bond acceptors (Lipinski definition) is 4. The van der Waals surface area contributed by atoms with Gasteiger partial charge in [-0.3, -0.25) is 9.89 Å². The highest BCUT2D eigenvalue weighted by atomic mass is 35.5. The van der Waals surface area contributed by atoms with Crippen LogP contribution in [-0.2, 0) is 6.42 Å². The van der Waals surface area contributed by atoms with E-state index in [-0.39, 0.29) is 5.91 Å². The van der Waals surface area contributed by atoms with Crippen LogP contribution in [0.5, 0.6) is 0 Å². The molecule has 1 fully saturated rings. The number of likely N-dealkylation sites (tertiary alicyclic amines) is 1. The van der Waals surface area contributed by atoms with E-state index in [4.69, 9.17) is 11.6 Å². The van der Waals surface area contributed by atoms with Gasteiger partial charge >= 0.3 is 0 Å². The first-order chi connectivity index (χ1) is 12.1. The molecule has 0 radical (unpaired) electrons. The Bertz CT molecular complexity index is 737. The van der Waals surface area contributed by atoms with Crippen LogP contribution < -0.4 is 5.32 Å². The molecule has 6 nitrogen and oxygen atoms in total. The van der Waals surface area contributed by atoms with Crippen molar-refractivity contribution in [3.63, 3.8) is 0 Å². The second-order valence-electron chi connectivity index (χ2n) is 6.28. The molecule has 1 aliphatic rings. The van der Waals surface area contributed by atoms with Crippen LogP contribution in [0, 0.1) is 0 Å². The van der Waals surface area contributed by atoms with Gasteiger partial charge in [0.25, 0.3) is 5.91 Å². The maximum absolute atomic E-state index is 12.9. The molecule has 0 bridgehead atoms. The van der Waals surface area contributed by atoms with E-state index >= 15 is 0 Å². The maximum Gasteiger partial charge on any atom is 0.256 e. The average molecular weight is 362 g/mol. The Labute approximate surface area is 153 Å². The number of halogens is 1. The minimum Gasteiger partial charge on any atom is -0.385 e. The number of anilines is 1. The Kier molecular flexibility index (Phi) is 5.58. The van der Waals surface area contributed by atoms with Gasteiger partial charge in [-0.25, -0.2) is 4.98 Å². The van der Waals surface area contributed by atoms with Crippen LogP contribution in [0.25, 0.3) is 0 Å². The number of aryl methyl sites for hydroxylation is 1. The summed E-state index contributed by atoms with van der Waals surface area (Å²) in [5.41, 5.74) is 1.47. The number of nitrogens with zero attached hydrogens (tertiary/aromatic N) is 3. The molecule has 0 aliphatic carbocycles. The monoisotopic (exact) mass is 361 g/mol. The largest absolute Gasteiger partial charge is 0.385 e. The lowest BCUT2D eigenvalue weighted by Gasteiger charge is -2.31. The molecule has 1 aliphatic heterocycles. The second-order valence-corrected chi connectivity index (χ2v) is 6.72. The van der Waals surface area contributed by atoms with Crippen molar-refractivity contribution in [2.24, 2.45) is 0 Å². The van der Waals surface area contributed by atoms with Crippen LogP contribution in [0.2, 0.25) is 5.02 Å². The molecular formula is C18H24ClN5O. The molecule has 0 saturated carbocycles. The Morgan fingerprint density at radius 1 is 1.36 bits per heavy atom. The van der Waals surface area contributed by atoms with Crippen molar-refractivity contribution in [3.05, 3.63) is 40.4 Å². The molecule has 3 rings (SSSR count). The minimum absolute atomic E-state index is 0.0288. The number of carbonyl (C=O) groups excluding carboxylic acids is 1. The summed E-state index contributed by atoms with van der Waals surface area (Å²) in [4.78, 5) is 19.4. The molecule has 1 amide bonds. The van der Waals surface area contributed by atoms with Crippen molar-refractivity contribution in [3.8, 4) is 0 Å². The molecule has 25 heavy (non-hydrogen) atoms. The molecule has 1 aromatic carbocycles. The number of nitrogens with one attached hydrogen (secondary N) is 2. The number of benzene rings is 1. The summed E-state index contributed by atoms with van der Waals surface area (Å²) in [7, 11) is 0. The first-order valence-electron chi connectivity index (χ1n) is 8.86. The maximum atomic E-state index is 12.9. The third-order valence-corrected chi connectivity index (χ3v) is 4.85. The van der Waals surface area contributed by atoms with E-state index in [0.29, 0.717) is 29.6 Å². The van der Waals surface area contributed by atoms with Crippen molar-refractivity contribution >= 4 is 23.2 Å². The molecule has 7 heteroatoms. The van der Waals surface area contributed by atoms with Gasteiger partial charge in [0.05, 0.1) is 5.56 Å². The Balaban J connectivity index is 1.68. The highest BCUT2D eigenvalue weighted by Gasteiger charge is 2.27. The third kappa shape index (κ3) is 3.95. The molecular weight excluding hydrogens is 338 g/mol. The van der Waals surface area contributed by atoms with Gasteiger partial charge in [0, 0.05) is 42.7 Å². The zero-order chi connectivity index (χ0) is 17.8. The number of carbonyl (C=O) groups is 1. The van der Waals surface area contributed by atoms with Crippen LogP contribution in [0.15, 0.2) is 18.2 Å². The second kappa shape index (κ2) is 7.87. The van der Waals surface area contributed by atoms with E-state index < -0.39 is 0 Å². The van der Waals surface area contributed by atoms with Gasteiger partial charge in [-0.05, 0) is 38.0 Å². The van der Waals surface area contributed by atoms with Crippen LogP contribution >= 0.6 is 11.6 Å². The minimum atomic E-state index is 0.0288. The van der Waals surface area contributed by atoms with Crippen molar-refractivity contribution < 1.29 is 4.79 Å². The quantitative estimate of drug-likeness (QED) is 0.855. The summed E-state index contributed by atoms with van der Waals surface area (Å²) in [5, 5.41) is 11.1. The number of amides is 1. The van der Waals surface area contributed by atoms with E-state index in [9.17, 15) is 4.79 Å². The lowest BCUT2D eigenvalue weighted by Crippen LogP contribution is -2.38. The van der Waals surface area contributed by atoms with E-state index in [0.717, 1.165) is 43.1 Å². The number of H-pyrrole nitrogens is 1. The molecule has 134 valence electrons. The van der Waals surface area contributed by atoms with Gasteiger partial charge in [0.15, 0.2) is 5.82 Å². The molecule has 2 aromatic rings. The van der Waals surface area contributed by atoms with Crippen LogP contribution in [0.1, 0.15) is 54.6 Å². The number of aromatic amines is 1. The van der Waals surface area contributed by atoms with Crippen molar-refractivity contribution in [2.75, 3.05) is 25.0 Å². The molecule has 2 heterocycles. The van der Waals surface area contributed by atoms with Crippen molar-refractivity contribution in [1.29, 1.82) is 0 Å². The summed E-state index contributed by atoms with van der Waals surface area (Å²) in [5.74, 6) is 2.14. The fourth-order valence-electron chi connectivity index (χ4n) is 3.20. The lowest BCUT2D eigenvalue weighted by atomic mass is 9.95. The molecule has 0 unspecified atom stereocenters. The molecule has 1 saturated heterocycles. The molecule has 1 aromatic heterocycles. The van der Waals surface area contributed by atoms with E-state index in [1.807, 2.05) is 17.9 Å². The summed E-state index contributed by atoms with van der Waals surface area (Å²) in [6.45, 7) is 6.23. The van der Waals surface area contributed by atoms with Gasteiger partial charge in [-0.15, -0.1) is 0 Å². The Morgan fingerprint density at radius 3 is 2.76 bits per heavy atom. The van der Waals surface area contributed by atoms with Crippen LogP contribution in [0.3, 0.4) is 0 Å². The van der Waals surface area contributed by atoms with E-state index in [1.165, 1.54) is 0 Å². The number of piperidine rings is 1. The smallest absolute Gasteiger partial charge is 0.256 e. The summed E-state index contributed by atoms with van der Waals surface area (Å²) < 4.78 is 0. The summed E-state index contributed by atoms with van der Waals surface area (Å²) >= 11 is 6.10. The number of rotatable bonds is 5. The lowest BCUT2D eigenvalue weighted by molar-refractivity contribution is 0.0712. The average Bonchev–Trinajstić information content (AvgIpc) is 3.12. The highest BCUT2D eigenvalue weighted by Crippen LogP contribution is 2.28. The van der Waals surface area contributed by atoms with Gasteiger partial charge in [0.1, 0.15) is 5.82 Å².